The summed E-state index contributed by atoms with van der Waals surface area (Å²) >= 11 is -2.42. The summed E-state index contributed by atoms with van der Waals surface area (Å²) in [5, 5.41) is 0. The number of benzene rings is 3. The smallest absolute Gasteiger partial charge is 1.00 e. The van der Waals surface area contributed by atoms with Crippen LogP contribution in [0.25, 0.3) is 11.1 Å². The van der Waals surface area contributed by atoms with Crippen LogP contribution < -0.4 is 29.2 Å². The van der Waals surface area contributed by atoms with E-state index in [-0.39, 0.29) is 24.8 Å². The predicted octanol–water partition coefficient (Wildman–Crippen LogP) is 2.16. The molecule has 0 spiro atoms. The summed E-state index contributed by atoms with van der Waals surface area (Å²) in [5.74, 6) is 3.79. The van der Waals surface area contributed by atoms with Crippen molar-refractivity contribution in [3.8, 4) is 0 Å². The van der Waals surface area contributed by atoms with E-state index in [0.29, 0.717) is 11.8 Å². The zero-order chi connectivity index (χ0) is 24.5. The zero-order valence-corrected chi connectivity index (χ0v) is 29.4. The van der Waals surface area contributed by atoms with Gasteiger partial charge >= 0.3 is 221 Å². The first-order valence-corrected chi connectivity index (χ1v) is 29.8. The molecule has 0 N–H and O–H groups in total. The predicted molar refractivity (Wildman–Crippen MR) is 150 cm³/mol. The van der Waals surface area contributed by atoms with Crippen molar-refractivity contribution in [1.82, 2.24) is 0 Å². The molecule has 0 radical (unpaired) electrons. The van der Waals surface area contributed by atoms with Gasteiger partial charge in [0.25, 0.3) is 0 Å². The Bertz CT molecular complexity index is 1330. The van der Waals surface area contributed by atoms with Crippen molar-refractivity contribution in [3.63, 3.8) is 0 Å². The molecular weight excluding hydrogens is 718 g/mol. The normalized spacial score (nSPS) is 18.4. The molecule has 3 aromatic rings. The number of hydrogen-bond donors (Lipinski definition) is 0. The molecule has 2 aliphatic carbocycles. The van der Waals surface area contributed by atoms with E-state index in [2.05, 4.69) is 137 Å². The zero-order valence-electron chi connectivity index (χ0n) is 22.2. The van der Waals surface area contributed by atoms with Gasteiger partial charge in [-0.15, -0.1) is 0 Å². The maximum absolute atomic E-state index is 2.69. The molecule has 0 saturated heterocycles. The van der Waals surface area contributed by atoms with E-state index in [1.54, 1.807) is 15.5 Å². The van der Waals surface area contributed by atoms with Gasteiger partial charge in [0.15, 0.2) is 0 Å². The average Bonchev–Trinajstić information content (AvgIpc) is 3.36. The van der Waals surface area contributed by atoms with Crippen molar-refractivity contribution < 1.29 is 43.2 Å². The molecule has 2 aliphatic rings. The Hall–Kier alpha value is -1.39. The van der Waals surface area contributed by atoms with Crippen LogP contribution in [-0.4, -0.2) is 10.1 Å². The minimum absolute atomic E-state index is 0. The van der Waals surface area contributed by atoms with Gasteiger partial charge < -0.3 is 24.8 Å². The maximum atomic E-state index is 2.69. The van der Waals surface area contributed by atoms with Crippen LogP contribution in [0.4, 0.5) is 0 Å². The molecule has 0 nitrogen and oxygen atoms in total. The second kappa shape index (κ2) is 13.1. The third-order valence-electron chi connectivity index (χ3n) is 7.65. The first-order chi connectivity index (χ1) is 17.0. The molecule has 37 heavy (non-hydrogen) atoms. The van der Waals surface area contributed by atoms with Crippen LogP contribution >= 0.6 is 0 Å². The third-order valence-corrected chi connectivity index (χ3v) is 50.2. The first-order valence-electron chi connectivity index (χ1n) is 12.7. The molecule has 5 rings (SSSR count). The molecule has 2 unspecified atom stereocenters. The first kappa shape index (κ1) is 30.2. The Morgan fingerprint density at radius 3 is 1.30 bits per heavy atom. The van der Waals surface area contributed by atoms with Crippen LogP contribution in [0, 0.1) is 11.8 Å². The Labute approximate surface area is 244 Å². The summed E-state index contributed by atoms with van der Waals surface area (Å²) in [4.78, 5) is 0. The second-order valence-corrected chi connectivity index (χ2v) is 42.9. The van der Waals surface area contributed by atoms with E-state index in [1.165, 1.54) is 22.3 Å². The molecule has 0 aromatic heterocycles. The van der Waals surface area contributed by atoms with E-state index in [0.717, 1.165) is 0 Å². The molecule has 0 bridgehead atoms. The molecule has 0 fully saturated rings. The van der Waals surface area contributed by atoms with Crippen molar-refractivity contribution in [2.45, 2.75) is 33.5 Å². The van der Waals surface area contributed by atoms with Gasteiger partial charge in [-0.25, -0.2) is 0 Å². The maximum Gasteiger partial charge on any atom is -1.00 e. The Morgan fingerprint density at radius 1 is 0.568 bits per heavy atom. The van der Waals surface area contributed by atoms with Gasteiger partial charge in [0.05, 0.1) is 0 Å². The van der Waals surface area contributed by atoms with Gasteiger partial charge in [-0.2, -0.15) is 0 Å². The van der Waals surface area contributed by atoms with E-state index in [1.807, 2.05) is 6.66 Å². The van der Waals surface area contributed by atoms with Crippen LogP contribution in [0.5, 0.6) is 0 Å². The van der Waals surface area contributed by atoms with Gasteiger partial charge in [0.1, 0.15) is 0 Å². The fourth-order valence-corrected chi connectivity index (χ4v) is 56.1. The van der Waals surface area contributed by atoms with Crippen LogP contribution in [0.15, 0.2) is 121 Å². The van der Waals surface area contributed by atoms with E-state index >= 15 is 0 Å². The Balaban J connectivity index is 0.00000190. The fourth-order valence-electron chi connectivity index (χ4n) is 5.96. The van der Waals surface area contributed by atoms with Crippen molar-refractivity contribution in [2.24, 2.45) is 11.8 Å². The average molecular weight is 753 g/mol. The molecule has 3 aromatic carbocycles. The van der Waals surface area contributed by atoms with Crippen LogP contribution in [0.2, 0.25) is 5.76 Å². The number of allylic oxidation sites excluding steroid dienone is 8. The molecule has 0 heterocycles. The van der Waals surface area contributed by atoms with Gasteiger partial charge in [-0.05, 0) is 0 Å². The van der Waals surface area contributed by atoms with Crippen molar-refractivity contribution in [2.75, 3.05) is 0 Å². The minimum atomic E-state index is -2.42. The van der Waals surface area contributed by atoms with Crippen LogP contribution in [-0.2, 0) is 18.3 Å². The van der Waals surface area contributed by atoms with Crippen molar-refractivity contribution >= 4 is 25.6 Å². The summed E-state index contributed by atoms with van der Waals surface area (Å²) in [6, 6.07) is 33.7. The molecular formula is C33H34Cl2GeHf. The summed E-state index contributed by atoms with van der Waals surface area (Å²) < 4.78 is 5.43. The second-order valence-electron chi connectivity index (χ2n) is 9.91. The van der Waals surface area contributed by atoms with Gasteiger partial charge in [0.2, 0.25) is 0 Å². The summed E-state index contributed by atoms with van der Waals surface area (Å²) in [7, 11) is -1.50. The van der Waals surface area contributed by atoms with E-state index < -0.39 is 28.4 Å². The Kier molecular flexibility index (Phi) is 10.7. The van der Waals surface area contributed by atoms with Gasteiger partial charge in [-0.3, -0.25) is 0 Å². The molecule has 0 aliphatic heterocycles. The van der Waals surface area contributed by atoms with Gasteiger partial charge in [-0.1, -0.05) is 0 Å². The van der Waals surface area contributed by atoms with Crippen molar-refractivity contribution in [1.29, 1.82) is 0 Å². The molecule has 188 valence electrons. The fraction of sp³-hybridized carbons (Fsp3) is 0.212. The summed E-state index contributed by atoms with van der Waals surface area (Å²) in [5.41, 5.74) is 8.90. The number of rotatable bonds is 5. The standard InChI is InChI=1S/2C13H13.C7H8Ge.2ClH.Hf/c2*1-10-8-11(2)13(9-10)12-6-4-3-5-7-12;1-8-7-5-3-2-4-6-7;;;/h2*3-7,9-10H,1-2H3;2-6H,1H3;2*1H;/q;;;;;+2/p-2. The number of hydrogen-bond acceptors (Lipinski definition) is 0. The van der Waals surface area contributed by atoms with Crippen molar-refractivity contribution in [3.05, 3.63) is 132 Å². The van der Waals surface area contributed by atoms with Crippen LogP contribution in [0.3, 0.4) is 0 Å². The summed E-state index contributed by atoms with van der Waals surface area (Å²) in [6.07, 6.45) is 5.14. The van der Waals surface area contributed by atoms with Crippen LogP contribution in [0.1, 0.15) is 38.8 Å². The molecule has 2 atom stereocenters. The third kappa shape index (κ3) is 5.96. The molecule has 0 amide bonds. The topological polar surface area (TPSA) is 0 Å². The monoisotopic (exact) mass is 754 g/mol. The minimum Gasteiger partial charge on any atom is -1.00 e. The van der Waals surface area contributed by atoms with E-state index in [4.69, 9.17) is 0 Å². The Morgan fingerprint density at radius 2 is 0.919 bits per heavy atom. The molecule has 4 heteroatoms. The van der Waals surface area contributed by atoms with Gasteiger partial charge in [0, 0.05) is 0 Å². The van der Waals surface area contributed by atoms with E-state index in [9.17, 15) is 0 Å². The number of halogens is 2. The molecule has 0 saturated carbocycles. The SMILES string of the molecule is CC1=[C]([Hf+2]([C]2=C(C)C(c3ccccc3)=CC2C)=[Ge]([CH3])[c]2ccccc2)C(C)C=C1c1ccccc1.[Cl-].[Cl-]. The quantitative estimate of drug-likeness (QED) is 0.351. The summed E-state index contributed by atoms with van der Waals surface area (Å²) in [6.45, 7) is 9.80. The largest absolute Gasteiger partial charge is 1.00 e.